The maximum Gasteiger partial charge on any atom is 0.475 e. The molecule has 9 nitrogen and oxygen atoms in total. The monoisotopic (exact) mass is 617 g/mol. The highest BCUT2D eigenvalue weighted by molar-refractivity contribution is 7.86. The number of carbonyl (C=O) groups excluding carboxylic acids is 2. The van der Waals surface area contributed by atoms with Crippen LogP contribution in [0.2, 0.25) is 0 Å². The second-order valence-corrected chi connectivity index (χ2v) is 11.2. The Balaban J connectivity index is 1.40. The van der Waals surface area contributed by atoms with Crippen molar-refractivity contribution in [2.24, 2.45) is 5.92 Å². The zero-order valence-corrected chi connectivity index (χ0v) is 23.0. The lowest BCUT2D eigenvalue weighted by atomic mass is 9.99. The number of likely N-dealkylation sites (tertiary alicyclic amines) is 1. The second-order valence-electron chi connectivity index (χ2n) is 9.77. The van der Waals surface area contributed by atoms with Crippen molar-refractivity contribution in [3.05, 3.63) is 89.8 Å². The van der Waals surface area contributed by atoms with Gasteiger partial charge in [-0.1, -0.05) is 30.4 Å². The maximum atomic E-state index is 15.0. The number of urea groups is 1. The first-order valence-corrected chi connectivity index (χ1v) is 13.9. The van der Waals surface area contributed by atoms with E-state index in [9.17, 15) is 36.9 Å². The number of nitrogens with zero attached hydrogens (tertiary/aromatic N) is 1. The van der Waals surface area contributed by atoms with Crippen molar-refractivity contribution in [2.45, 2.75) is 29.0 Å². The molecular weight excluding hydrogens is 594 g/mol. The number of hydrogen-bond donors (Lipinski definition) is 3. The van der Waals surface area contributed by atoms with E-state index in [1.165, 1.54) is 54.5 Å². The number of anilines is 1. The average molecular weight is 618 g/mol. The van der Waals surface area contributed by atoms with Gasteiger partial charge in [-0.15, -0.1) is 0 Å². The van der Waals surface area contributed by atoms with Crippen molar-refractivity contribution in [1.82, 2.24) is 10.2 Å². The Kier molecular flexibility index (Phi) is 7.97. The summed E-state index contributed by atoms with van der Waals surface area (Å²) < 4.78 is 70.8. The standard InChI is InChI=1S/C29H23F4N3O6S/c1-42-24-14-23(30)21(15-4-2-5-17(10-15)27(38)39)13-22(24)26(37)35-25-16-8-9-19(11-16)36(25)28(40)34-18-6-3-7-20(12-18)43(41)29(31,32)33/h2-10,12-14,16,19,25H,11H2,1H3,(H,34,40)(H,35,37)(H,38,39). The van der Waals surface area contributed by atoms with Gasteiger partial charge in [-0.2, -0.15) is 13.2 Å². The lowest BCUT2D eigenvalue weighted by Gasteiger charge is -2.33. The highest BCUT2D eigenvalue weighted by atomic mass is 32.2. The number of aromatic carboxylic acids is 1. The summed E-state index contributed by atoms with van der Waals surface area (Å²) >= 11 is 0. The molecule has 0 radical (unpaired) electrons. The Bertz CT molecular complexity index is 1680. The number of rotatable bonds is 7. The minimum absolute atomic E-state index is 0.0228. The van der Waals surface area contributed by atoms with Crippen LogP contribution in [0.4, 0.5) is 28.0 Å². The molecule has 1 aliphatic carbocycles. The molecule has 3 aromatic rings. The van der Waals surface area contributed by atoms with Crippen LogP contribution in [-0.2, 0) is 10.8 Å². The van der Waals surface area contributed by atoms with E-state index >= 15 is 4.39 Å². The predicted molar refractivity (Wildman–Crippen MR) is 147 cm³/mol. The number of hydrogen-bond acceptors (Lipinski definition) is 5. The van der Waals surface area contributed by atoms with E-state index in [2.05, 4.69) is 10.6 Å². The third-order valence-electron chi connectivity index (χ3n) is 7.13. The molecule has 0 spiro atoms. The van der Waals surface area contributed by atoms with Crippen molar-refractivity contribution in [2.75, 3.05) is 12.4 Å². The van der Waals surface area contributed by atoms with Gasteiger partial charge in [0.05, 0.1) is 24.3 Å². The van der Waals surface area contributed by atoms with Gasteiger partial charge in [0, 0.05) is 28.1 Å². The van der Waals surface area contributed by atoms with Crippen molar-refractivity contribution in [3.8, 4) is 16.9 Å². The smallest absolute Gasteiger partial charge is 0.475 e. The van der Waals surface area contributed by atoms with Crippen LogP contribution in [0.15, 0.2) is 77.7 Å². The fourth-order valence-corrected chi connectivity index (χ4v) is 5.88. The van der Waals surface area contributed by atoms with Crippen LogP contribution < -0.4 is 15.4 Å². The number of halogens is 4. The number of benzene rings is 3. The third kappa shape index (κ3) is 5.95. The van der Waals surface area contributed by atoms with Crippen molar-refractivity contribution >= 4 is 34.4 Å². The van der Waals surface area contributed by atoms with Gasteiger partial charge in [0.2, 0.25) is 0 Å². The number of amides is 3. The molecule has 2 bridgehead atoms. The molecule has 1 heterocycles. The fourth-order valence-electron chi connectivity index (χ4n) is 5.18. The first-order chi connectivity index (χ1) is 20.4. The van der Waals surface area contributed by atoms with Crippen LogP contribution in [0.1, 0.15) is 27.1 Å². The largest absolute Gasteiger partial charge is 0.496 e. The molecule has 3 amide bonds. The molecule has 224 valence electrons. The number of carbonyl (C=O) groups is 3. The zero-order chi connectivity index (χ0) is 31.1. The van der Waals surface area contributed by atoms with Gasteiger partial charge in [-0.3, -0.25) is 9.69 Å². The van der Waals surface area contributed by atoms with Crippen LogP contribution in [-0.4, -0.2) is 56.9 Å². The van der Waals surface area contributed by atoms with Crippen molar-refractivity contribution in [1.29, 1.82) is 0 Å². The van der Waals surface area contributed by atoms with Gasteiger partial charge in [-0.05, 0) is 48.4 Å². The molecule has 4 unspecified atom stereocenters. The SMILES string of the molecule is COc1cc(F)c(-c2cccc(C(=O)O)c2)cc1C(=O)NC1C2C=CC(C2)N1C(=O)Nc1cccc(S(=O)C(F)(F)F)c1. The van der Waals surface area contributed by atoms with E-state index in [0.717, 1.165) is 18.2 Å². The molecular formula is C29H23F4N3O6S. The minimum Gasteiger partial charge on any atom is -0.496 e. The van der Waals surface area contributed by atoms with Gasteiger partial charge in [0.1, 0.15) is 17.7 Å². The molecule has 0 aromatic heterocycles. The summed E-state index contributed by atoms with van der Waals surface area (Å²) in [5, 5.41) is 14.6. The summed E-state index contributed by atoms with van der Waals surface area (Å²) in [7, 11) is -2.04. The highest BCUT2D eigenvalue weighted by Gasteiger charge is 2.46. The lowest BCUT2D eigenvalue weighted by molar-refractivity contribution is -0.0384. The molecule has 5 rings (SSSR count). The summed E-state index contributed by atoms with van der Waals surface area (Å²) in [6.07, 6.45) is 3.21. The van der Waals surface area contributed by atoms with Gasteiger partial charge in [0.15, 0.2) is 10.8 Å². The average Bonchev–Trinajstić information content (AvgIpc) is 3.58. The van der Waals surface area contributed by atoms with Crippen LogP contribution in [0.3, 0.4) is 0 Å². The van der Waals surface area contributed by atoms with Crippen LogP contribution in [0.25, 0.3) is 11.1 Å². The predicted octanol–water partition coefficient (Wildman–Crippen LogP) is 5.38. The van der Waals surface area contributed by atoms with Gasteiger partial charge in [0.25, 0.3) is 5.91 Å². The number of methoxy groups -OCH3 is 1. The Labute approximate surface area is 244 Å². The maximum absolute atomic E-state index is 15.0. The second kappa shape index (κ2) is 11.5. The number of nitrogens with one attached hydrogen (secondary N) is 2. The highest BCUT2D eigenvalue weighted by Crippen LogP contribution is 2.38. The van der Waals surface area contributed by atoms with E-state index in [1.807, 2.05) is 6.08 Å². The van der Waals surface area contributed by atoms with Gasteiger partial charge >= 0.3 is 17.5 Å². The van der Waals surface area contributed by atoms with Crippen molar-refractivity contribution in [3.63, 3.8) is 0 Å². The first kappa shape index (κ1) is 29.8. The van der Waals surface area contributed by atoms with Crippen LogP contribution in [0.5, 0.6) is 5.75 Å². The fraction of sp³-hybridized carbons (Fsp3) is 0.207. The first-order valence-electron chi connectivity index (χ1n) is 12.8. The summed E-state index contributed by atoms with van der Waals surface area (Å²) in [6, 6.07) is 11.2. The molecule has 4 atom stereocenters. The number of carboxylic acids is 1. The van der Waals surface area contributed by atoms with Gasteiger partial charge in [-0.25, -0.2) is 18.2 Å². The van der Waals surface area contributed by atoms with E-state index < -0.39 is 57.1 Å². The topological polar surface area (TPSA) is 125 Å². The Morgan fingerprint density at radius 1 is 1.05 bits per heavy atom. The third-order valence-corrected chi connectivity index (χ3v) is 8.24. The number of fused-ring (bicyclic) bond motifs is 2. The summed E-state index contributed by atoms with van der Waals surface area (Å²) in [4.78, 5) is 39.1. The van der Waals surface area contributed by atoms with Crippen LogP contribution in [0, 0.1) is 11.7 Å². The molecule has 3 aromatic carbocycles. The Hall–Kier alpha value is -4.72. The molecule has 14 heteroatoms. The molecule has 43 heavy (non-hydrogen) atoms. The lowest BCUT2D eigenvalue weighted by Crippen LogP contribution is -2.54. The summed E-state index contributed by atoms with van der Waals surface area (Å²) in [5.41, 5.74) is -4.99. The molecule has 0 saturated carbocycles. The van der Waals surface area contributed by atoms with E-state index in [1.54, 1.807) is 6.08 Å². The normalized spacial score (nSPS) is 19.7. The Morgan fingerprint density at radius 2 is 1.79 bits per heavy atom. The zero-order valence-electron chi connectivity index (χ0n) is 22.2. The minimum atomic E-state index is -4.97. The number of ether oxygens (including phenoxy) is 1. The molecule has 2 aliphatic rings. The van der Waals surface area contributed by atoms with Crippen LogP contribution >= 0.6 is 0 Å². The Morgan fingerprint density at radius 3 is 2.49 bits per heavy atom. The molecule has 1 aliphatic heterocycles. The number of carboxylic acid groups (broad SMARTS) is 1. The van der Waals surface area contributed by atoms with Crippen molar-refractivity contribution < 1.29 is 46.0 Å². The van der Waals surface area contributed by atoms with E-state index in [0.29, 0.717) is 6.42 Å². The van der Waals surface area contributed by atoms with E-state index in [4.69, 9.17) is 4.74 Å². The molecule has 1 fully saturated rings. The summed E-state index contributed by atoms with van der Waals surface area (Å²) in [5.74, 6) is -3.07. The van der Waals surface area contributed by atoms with E-state index in [-0.39, 0.29) is 39.6 Å². The quantitative estimate of drug-likeness (QED) is 0.242. The van der Waals surface area contributed by atoms with Gasteiger partial charge < -0.3 is 20.5 Å². The number of alkyl halides is 3. The summed E-state index contributed by atoms with van der Waals surface area (Å²) in [6.45, 7) is 0. The molecule has 3 N–H and O–H groups in total. The molecule has 1 saturated heterocycles.